The number of aryl methyl sites for hydroxylation is 2. The molecule has 4 aromatic rings. The van der Waals surface area contributed by atoms with E-state index in [1.165, 1.54) is 19.2 Å². The molecule has 0 bridgehead atoms. The van der Waals surface area contributed by atoms with Crippen molar-refractivity contribution < 1.29 is 38.1 Å². The molecule has 1 heterocycles. The molecule has 0 aliphatic heterocycles. The number of amides is 1. The zero-order valence-electron chi connectivity index (χ0n) is 29.3. The summed E-state index contributed by atoms with van der Waals surface area (Å²) in [5.74, 6) is -1.98. The molecule has 3 aromatic carbocycles. The Balaban J connectivity index is 1.60. The van der Waals surface area contributed by atoms with Crippen LogP contribution in [0.1, 0.15) is 68.9 Å². The maximum atomic E-state index is 14.0. The maximum Gasteiger partial charge on any atom is 0.411 e. The van der Waals surface area contributed by atoms with Crippen LogP contribution in [0, 0.1) is 12.3 Å². The number of ether oxygens (including phenoxy) is 4. The number of fused-ring (bicyclic) bond motifs is 1. The van der Waals surface area contributed by atoms with Crippen molar-refractivity contribution in [3.63, 3.8) is 0 Å². The minimum absolute atomic E-state index is 0.170. The summed E-state index contributed by atoms with van der Waals surface area (Å²) in [4.78, 5) is 66.6. The van der Waals surface area contributed by atoms with Gasteiger partial charge in [0.05, 0.1) is 18.6 Å². The van der Waals surface area contributed by atoms with Crippen LogP contribution in [0.3, 0.4) is 0 Å². The Labute approximate surface area is 289 Å². The SMILES string of the molecule is COC(=O)Nc1cccc(COc2ccc(C(=O)CC(CCn3nnc4ccc(C)cc4c3=O)(C(=O)OC(C)C)C(=O)OC(C)(C)C)cc2)c1. The molecule has 1 amide bonds. The molecule has 0 radical (unpaired) electrons. The molecule has 0 saturated heterocycles. The van der Waals surface area contributed by atoms with Crippen molar-refractivity contribution in [2.45, 2.75) is 79.2 Å². The first kappa shape index (κ1) is 37.2. The van der Waals surface area contributed by atoms with Crippen LogP contribution in [-0.2, 0) is 37.0 Å². The lowest BCUT2D eigenvalue weighted by molar-refractivity contribution is -0.182. The predicted molar refractivity (Wildman–Crippen MR) is 185 cm³/mol. The van der Waals surface area contributed by atoms with Gasteiger partial charge in [-0.2, -0.15) is 0 Å². The Bertz CT molecular complexity index is 1930. The molecule has 1 N–H and O–H groups in total. The van der Waals surface area contributed by atoms with Gasteiger partial charge in [0.25, 0.3) is 5.56 Å². The van der Waals surface area contributed by atoms with Crippen LogP contribution in [0.2, 0.25) is 0 Å². The number of nitrogens with zero attached hydrogens (tertiary/aromatic N) is 3. The summed E-state index contributed by atoms with van der Waals surface area (Å²) in [6, 6.07) is 18.5. The van der Waals surface area contributed by atoms with Crippen LogP contribution >= 0.6 is 0 Å². The fraction of sp³-hybridized carbons (Fsp3) is 0.378. The Kier molecular flexibility index (Phi) is 11.7. The van der Waals surface area contributed by atoms with E-state index in [2.05, 4.69) is 20.4 Å². The van der Waals surface area contributed by atoms with Crippen molar-refractivity contribution in [2.24, 2.45) is 5.41 Å². The van der Waals surface area contributed by atoms with Gasteiger partial charge in [0.15, 0.2) is 11.2 Å². The van der Waals surface area contributed by atoms with Gasteiger partial charge >= 0.3 is 18.0 Å². The normalized spacial score (nSPS) is 12.6. The average Bonchev–Trinajstić information content (AvgIpc) is 3.05. The standard InChI is InChI=1S/C37H42N4O9/c1-23(2)49-33(44)37(34(45)50-36(4,5)6,17-18-41-32(43)29-19-24(3)11-16-30(29)39-40-41)21-31(42)26-12-14-28(15-13-26)48-22-25-9-8-10-27(20-25)38-35(46)47-7/h8-16,19-20,23H,17-18,21-22H2,1-7H3,(H,38,46). The van der Waals surface area contributed by atoms with E-state index in [-0.39, 0.29) is 25.1 Å². The van der Waals surface area contributed by atoms with Crippen molar-refractivity contribution in [3.05, 3.63) is 93.8 Å². The van der Waals surface area contributed by atoms with Gasteiger partial charge < -0.3 is 18.9 Å². The Hall–Kier alpha value is -5.59. The fourth-order valence-electron chi connectivity index (χ4n) is 5.04. The molecule has 264 valence electrons. The number of carbonyl (C=O) groups excluding carboxylic acids is 4. The summed E-state index contributed by atoms with van der Waals surface area (Å²) < 4.78 is 22.8. The summed E-state index contributed by atoms with van der Waals surface area (Å²) in [6.07, 6.45) is -2.12. The number of esters is 2. The number of ketones is 1. The first-order valence-electron chi connectivity index (χ1n) is 16.1. The number of hydrogen-bond acceptors (Lipinski definition) is 11. The molecule has 1 atom stereocenters. The monoisotopic (exact) mass is 686 g/mol. The third kappa shape index (κ3) is 9.52. The number of rotatable bonds is 13. The minimum atomic E-state index is -2.12. The summed E-state index contributed by atoms with van der Waals surface area (Å²) in [7, 11) is 1.27. The van der Waals surface area contributed by atoms with E-state index < -0.39 is 52.9 Å². The zero-order chi connectivity index (χ0) is 36.6. The van der Waals surface area contributed by atoms with E-state index in [0.29, 0.717) is 22.3 Å². The Morgan fingerprint density at radius 2 is 1.66 bits per heavy atom. The summed E-state index contributed by atoms with van der Waals surface area (Å²) >= 11 is 0. The highest BCUT2D eigenvalue weighted by Gasteiger charge is 2.52. The van der Waals surface area contributed by atoms with Crippen LogP contribution < -0.4 is 15.6 Å². The van der Waals surface area contributed by atoms with Gasteiger partial charge in [0.1, 0.15) is 23.5 Å². The second-order valence-electron chi connectivity index (χ2n) is 13.2. The minimum Gasteiger partial charge on any atom is -0.489 e. The molecular formula is C37H42N4O9. The third-order valence-corrected chi connectivity index (χ3v) is 7.55. The van der Waals surface area contributed by atoms with Gasteiger partial charge in [-0.15, -0.1) is 5.10 Å². The third-order valence-electron chi connectivity index (χ3n) is 7.55. The highest BCUT2D eigenvalue weighted by atomic mass is 16.6. The van der Waals surface area contributed by atoms with Gasteiger partial charge in [-0.25, -0.2) is 9.48 Å². The molecule has 13 nitrogen and oxygen atoms in total. The van der Waals surface area contributed by atoms with E-state index in [1.807, 2.05) is 19.1 Å². The van der Waals surface area contributed by atoms with Gasteiger partial charge in [0.2, 0.25) is 0 Å². The molecule has 0 aliphatic carbocycles. The van der Waals surface area contributed by atoms with E-state index in [0.717, 1.165) is 15.8 Å². The zero-order valence-corrected chi connectivity index (χ0v) is 29.3. The number of benzene rings is 3. The average molecular weight is 687 g/mol. The smallest absolute Gasteiger partial charge is 0.411 e. The van der Waals surface area contributed by atoms with Crippen molar-refractivity contribution in [2.75, 3.05) is 12.4 Å². The van der Waals surface area contributed by atoms with Crippen molar-refractivity contribution in [1.82, 2.24) is 15.0 Å². The van der Waals surface area contributed by atoms with Crippen LogP contribution in [0.5, 0.6) is 5.75 Å². The number of Topliss-reactive ketones (excluding diaryl/α,β-unsaturated/α-hetero) is 1. The van der Waals surface area contributed by atoms with Crippen molar-refractivity contribution in [3.8, 4) is 5.75 Å². The molecule has 0 saturated carbocycles. The van der Waals surface area contributed by atoms with E-state index >= 15 is 0 Å². The van der Waals surface area contributed by atoms with Crippen LogP contribution in [-0.4, -0.2) is 57.6 Å². The Morgan fingerprint density at radius 1 is 0.940 bits per heavy atom. The number of aromatic nitrogens is 3. The topological polar surface area (TPSA) is 165 Å². The molecule has 4 rings (SSSR count). The van der Waals surface area contributed by atoms with E-state index in [9.17, 15) is 24.0 Å². The number of carbonyl (C=O) groups is 4. The van der Waals surface area contributed by atoms with Crippen LogP contribution in [0.4, 0.5) is 10.5 Å². The number of anilines is 1. The van der Waals surface area contributed by atoms with Crippen LogP contribution in [0.25, 0.3) is 10.9 Å². The van der Waals surface area contributed by atoms with Gasteiger partial charge in [-0.05, 0) is 102 Å². The second-order valence-corrected chi connectivity index (χ2v) is 13.2. The lowest BCUT2D eigenvalue weighted by atomic mass is 9.78. The molecule has 0 spiro atoms. The second kappa shape index (κ2) is 15.7. The van der Waals surface area contributed by atoms with Gasteiger partial charge in [-0.1, -0.05) is 29.0 Å². The van der Waals surface area contributed by atoms with E-state index in [1.54, 1.807) is 77.1 Å². The first-order valence-corrected chi connectivity index (χ1v) is 16.1. The lowest BCUT2D eigenvalue weighted by Crippen LogP contribution is -2.48. The first-order chi connectivity index (χ1) is 23.6. The van der Waals surface area contributed by atoms with Crippen molar-refractivity contribution >= 4 is 40.4 Å². The molecule has 0 fully saturated rings. The van der Waals surface area contributed by atoms with Gasteiger partial charge in [0, 0.05) is 24.2 Å². The van der Waals surface area contributed by atoms with Crippen molar-refractivity contribution in [1.29, 1.82) is 0 Å². The number of methoxy groups -OCH3 is 1. The van der Waals surface area contributed by atoms with Gasteiger partial charge in [-0.3, -0.25) is 24.5 Å². The largest absolute Gasteiger partial charge is 0.489 e. The molecule has 1 aromatic heterocycles. The molecule has 1 unspecified atom stereocenters. The summed E-state index contributed by atoms with van der Waals surface area (Å²) in [5, 5.41) is 11.1. The molecular weight excluding hydrogens is 644 g/mol. The molecule has 13 heteroatoms. The summed E-state index contributed by atoms with van der Waals surface area (Å²) in [5.41, 5.74) is -0.800. The highest BCUT2D eigenvalue weighted by Crippen LogP contribution is 2.35. The fourth-order valence-corrected chi connectivity index (χ4v) is 5.04. The maximum absolute atomic E-state index is 14.0. The summed E-state index contributed by atoms with van der Waals surface area (Å²) in [6.45, 7) is 10.0. The number of hydrogen-bond donors (Lipinski definition) is 1. The molecule has 0 aliphatic rings. The molecule has 50 heavy (non-hydrogen) atoms. The lowest BCUT2D eigenvalue weighted by Gasteiger charge is -2.33. The Morgan fingerprint density at radius 3 is 2.32 bits per heavy atom. The van der Waals surface area contributed by atoms with Crippen LogP contribution in [0.15, 0.2) is 71.5 Å². The quantitative estimate of drug-likeness (QED) is 0.0782. The number of nitrogens with one attached hydrogen (secondary N) is 1. The highest BCUT2D eigenvalue weighted by molar-refractivity contribution is 6.07. The van der Waals surface area contributed by atoms with E-state index in [4.69, 9.17) is 14.2 Å². The predicted octanol–water partition coefficient (Wildman–Crippen LogP) is 5.80.